The number of aliphatic hydroxyl groups is 1. The Bertz CT molecular complexity index is 375. The molecular formula is C12H16N2O2. The van der Waals surface area contributed by atoms with Crippen LogP contribution in [0.25, 0.3) is 0 Å². The number of aliphatic hydroxyl groups excluding tert-OH is 1. The summed E-state index contributed by atoms with van der Waals surface area (Å²) in [4.78, 5) is 11.7. The van der Waals surface area contributed by atoms with Crippen LogP contribution in [0.4, 0.5) is 5.69 Å². The Labute approximate surface area is 94.9 Å². The lowest BCUT2D eigenvalue weighted by Gasteiger charge is -2.17. The highest BCUT2D eigenvalue weighted by molar-refractivity contribution is 5.94. The van der Waals surface area contributed by atoms with Gasteiger partial charge in [-0.1, -0.05) is 19.1 Å². The number of nitrogens with one attached hydrogen (secondary N) is 1. The smallest absolute Gasteiger partial charge is 0.243 e. The van der Waals surface area contributed by atoms with Gasteiger partial charge >= 0.3 is 0 Å². The number of rotatable bonds is 3. The normalized spacial score (nSPS) is 20.5. The Morgan fingerprint density at radius 1 is 1.44 bits per heavy atom. The fourth-order valence-electron chi connectivity index (χ4n) is 1.81. The zero-order valence-corrected chi connectivity index (χ0v) is 9.31. The molecule has 4 heteroatoms. The minimum atomic E-state index is 0.0270. The second-order valence-corrected chi connectivity index (χ2v) is 3.99. The van der Waals surface area contributed by atoms with Crippen LogP contribution in [0.15, 0.2) is 24.3 Å². The van der Waals surface area contributed by atoms with Gasteiger partial charge in [0.05, 0.1) is 12.3 Å². The molecular weight excluding hydrogens is 204 g/mol. The zero-order valence-electron chi connectivity index (χ0n) is 9.31. The van der Waals surface area contributed by atoms with Gasteiger partial charge in [-0.25, -0.2) is 10.4 Å². The first-order valence-electron chi connectivity index (χ1n) is 5.53. The molecule has 1 heterocycles. The van der Waals surface area contributed by atoms with Crippen molar-refractivity contribution in [3.63, 3.8) is 0 Å². The Hall–Kier alpha value is -1.39. The quantitative estimate of drug-likeness (QED) is 0.804. The van der Waals surface area contributed by atoms with E-state index in [0.29, 0.717) is 6.42 Å². The second kappa shape index (κ2) is 4.63. The SMILES string of the molecule is CCC1CC(=O)N(c2ccc(CO)cc2)N1. The third-order valence-corrected chi connectivity index (χ3v) is 2.85. The molecule has 1 aromatic carbocycles. The van der Waals surface area contributed by atoms with Crippen molar-refractivity contribution in [2.75, 3.05) is 5.01 Å². The van der Waals surface area contributed by atoms with E-state index >= 15 is 0 Å². The molecule has 1 amide bonds. The van der Waals surface area contributed by atoms with E-state index in [1.165, 1.54) is 0 Å². The molecule has 86 valence electrons. The largest absolute Gasteiger partial charge is 0.392 e. The maximum atomic E-state index is 11.7. The van der Waals surface area contributed by atoms with Crippen LogP contribution in [0.5, 0.6) is 0 Å². The van der Waals surface area contributed by atoms with E-state index in [4.69, 9.17) is 5.11 Å². The van der Waals surface area contributed by atoms with E-state index in [-0.39, 0.29) is 18.6 Å². The van der Waals surface area contributed by atoms with Crippen LogP contribution in [0, 0.1) is 0 Å². The summed E-state index contributed by atoms with van der Waals surface area (Å²) in [6.45, 7) is 2.09. The van der Waals surface area contributed by atoms with Gasteiger partial charge < -0.3 is 5.11 Å². The third-order valence-electron chi connectivity index (χ3n) is 2.85. The number of nitrogens with zero attached hydrogens (tertiary/aromatic N) is 1. The van der Waals surface area contributed by atoms with Crippen LogP contribution in [0.2, 0.25) is 0 Å². The first kappa shape index (κ1) is 11.1. The number of carbonyl (C=O) groups is 1. The van der Waals surface area contributed by atoms with Gasteiger partial charge in [0.1, 0.15) is 0 Å². The average molecular weight is 220 g/mol. The molecule has 16 heavy (non-hydrogen) atoms. The van der Waals surface area contributed by atoms with Crippen molar-refractivity contribution in [2.45, 2.75) is 32.4 Å². The summed E-state index contributed by atoms with van der Waals surface area (Å²) in [5.74, 6) is 0.101. The predicted molar refractivity (Wildman–Crippen MR) is 61.7 cm³/mol. The summed E-state index contributed by atoms with van der Waals surface area (Å²) in [6, 6.07) is 7.57. The van der Waals surface area contributed by atoms with Crippen LogP contribution in [-0.4, -0.2) is 17.1 Å². The van der Waals surface area contributed by atoms with E-state index in [1.807, 2.05) is 24.3 Å². The van der Waals surface area contributed by atoms with E-state index in [1.54, 1.807) is 5.01 Å². The highest BCUT2D eigenvalue weighted by atomic mass is 16.3. The van der Waals surface area contributed by atoms with Crippen molar-refractivity contribution in [1.29, 1.82) is 0 Å². The van der Waals surface area contributed by atoms with Crippen molar-refractivity contribution < 1.29 is 9.90 Å². The fourth-order valence-corrected chi connectivity index (χ4v) is 1.81. The zero-order chi connectivity index (χ0) is 11.5. The molecule has 2 rings (SSSR count). The summed E-state index contributed by atoms with van der Waals surface area (Å²) >= 11 is 0. The Morgan fingerprint density at radius 2 is 2.12 bits per heavy atom. The van der Waals surface area contributed by atoms with Gasteiger partial charge in [0.25, 0.3) is 0 Å². The topological polar surface area (TPSA) is 52.6 Å². The molecule has 0 bridgehead atoms. The molecule has 0 spiro atoms. The highest BCUT2D eigenvalue weighted by Crippen LogP contribution is 2.20. The van der Waals surface area contributed by atoms with Crippen LogP contribution < -0.4 is 10.4 Å². The maximum Gasteiger partial charge on any atom is 0.243 e. The van der Waals surface area contributed by atoms with Gasteiger partial charge in [0.15, 0.2) is 0 Å². The number of hydrazine groups is 1. The van der Waals surface area contributed by atoms with Gasteiger partial charge in [0, 0.05) is 12.5 Å². The molecule has 4 nitrogen and oxygen atoms in total. The monoisotopic (exact) mass is 220 g/mol. The molecule has 0 aliphatic carbocycles. The molecule has 1 fully saturated rings. The molecule has 1 atom stereocenters. The lowest BCUT2D eigenvalue weighted by molar-refractivity contribution is -0.117. The van der Waals surface area contributed by atoms with Crippen molar-refractivity contribution in [3.8, 4) is 0 Å². The maximum absolute atomic E-state index is 11.7. The first-order chi connectivity index (χ1) is 7.74. The predicted octanol–water partition coefficient (Wildman–Crippen LogP) is 1.20. The Kier molecular flexibility index (Phi) is 3.22. The number of hydrogen-bond donors (Lipinski definition) is 2. The summed E-state index contributed by atoms with van der Waals surface area (Å²) in [5.41, 5.74) is 4.85. The number of hydrogen-bond acceptors (Lipinski definition) is 3. The average Bonchev–Trinajstić information content (AvgIpc) is 2.71. The van der Waals surface area contributed by atoms with E-state index in [9.17, 15) is 4.79 Å². The van der Waals surface area contributed by atoms with Gasteiger partial charge in [-0.3, -0.25) is 4.79 Å². The molecule has 0 saturated carbocycles. The van der Waals surface area contributed by atoms with E-state index in [2.05, 4.69) is 12.3 Å². The van der Waals surface area contributed by atoms with Gasteiger partial charge in [-0.05, 0) is 24.1 Å². The molecule has 1 unspecified atom stereocenters. The Balaban J connectivity index is 2.15. The molecule has 1 saturated heterocycles. The van der Waals surface area contributed by atoms with Crippen LogP contribution in [-0.2, 0) is 11.4 Å². The number of carbonyl (C=O) groups excluding carboxylic acids is 1. The van der Waals surface area contributed by atoms with Crippen molar-refractivity contribution in [2.24, 2.45) is 0 Å². The van der Waals surface area contributed by atoms with Gasteiger partial charge in [0.2, 0.25) is 5.91 Å². The highest BCUT2D eigenvalue weighted by Gasteiger charge is 2.28. The van der Waals surface area contributed by atoms with Gasteiger partial charge in [-0.2, -0.15) is 0 Å². The Morgan fingerprint density at radius 3 is 2.62 bits per heavy atom. The summed E-state index contributed by atoms with van der Waals surface area (Å²) < 4.78 is 0. The minimum absolute atomic E-state index is 0.0270. The lowest BCUT2D eigenvalue weighted by Crippen LogP contribution is -2.37. The lowest BCUT2D eigenvalue weighted by atomic mass is 10.2. The van der Waals surface area contributed by atoms with E-state index < -0.39 is 0 Å². The summed E-state index contributed by atoms with van der Waals surface area (Å²) in [6.07, 6.45) is 1.50. The molecule has 1 aromatic rings. The summed E-state index contributed by atoms with van der Waals surface area (Å²) in [5, 5.41) is 10.5. The van der Waals surface area contributed by atoms with E-state index in [0.717, 1.165) is 17.7 Å². The van der Waals surface area contributed by atoms with Crippen LogP contribution in [0.1, 0.15) is 25.3 Å². The molecule has 2 N–H and O–H groups in total. The van der Waals surface area contributed by atoms with Gasteiger partial charge in [-0.15, -0.1) is 0 Å². The fraction of sp³-hybridized carbons (Fsp3) is 0.417. The standard InChI is InChI=1S/C12H16N2O2/c1-2-10-7-12(16)14(13-10)11-5-3-9(8-15)4-6-11/h3-6,10,13,15H,2,7-8H2,1H3. The van der Waals surface area contributed by atoms with Crippen LogP contribution >= 0.6 is 0 Å². The number of anilines is 1. The minimum Gasteiger partial charge on any atom is -0.392 e. The van der Waals surface area contributed by atoms with Crippen molar-refractivity contribution in [1.82, 2.24) is 5.43 Å². The summed E-state index contributed by atoms with van der Waals surface area (Å²) in [7, 11) is 0. The number of amides is 1. The first-order valence-corrected chi connectivity index (χ1v) is 5.53. The number of benzene rings is 1. The molecule has 1 aliphatic rings. The second-order valence-electron chi connectivity index (χ2n) is 3.99. The van der Waals surface area contributed by atoms with Crippen molar-refractivity contribution in [3.05, 3.63) is 29.8 Å². The molecule has 0 radical (unpaired) electrons. The van der Waals surface area contributed by atoms with Crippen molar-refractivity contribution >= 4 is 11.6 Å². The van der Waals surface area contributed by atoms with Crippen LogP contribution in [0.3, 0.4) is 0 Å². The molecule has 1 aliphatic heterocycles. The third kappa shape index (κ3) is 2.08. The molecule has 0 aromatic heterocycles.